The van der Waals surface area contributed by atoms with Crippen LogP contribution in [0.4, 0.5) is 28.8 Å². The number of hydrogen-bond acceptors (Lipinski definition) is 9. The van der Waals surface area contributed by atoms with Crippen LogP contribution in [0.5, 0.6) is 5.75 Å². The molecule has 214 valence electrons. The van der Waals surface area contributed by atoms with Gasteiger partial charge >= 0.3 is 0 Å². The number of nitrogens with zero attached hydrogens (tertiary/aromatic N) is 3. The highest BCUT2D eigenvalue weighted by atomic mass is 35.5. The highest BCUT2D eigenvalue weighted by molar-refractivity contribution is 7.92. The fourth-order valence-electron chi connectivity index (χ4n) is 4.44. The molecule has 10 nitrogen and oxygen atoms in total. The maximum atomic E-state index is 12.9. The highest BCUT2D eigenvalue weighted by Crippen LogP contribution is 2.35. The molecule has 0 saturated carbocycles. The molecule has 1 unspecified atom stereocenters. The van der Waals surface area contributed by atoms with E-state index in [9.17, 15) is 13.2 Å². The number of benzene rings is 2. The molecule has 1 atom stereocenters. The molecule has 12 heteroatoms. The van der Waals surface area contributed by atoms with Crippen LogP contribution in [0.15, 0.2) is 53.6 Å². The van der Waals surface area contributed by atoms with Crippen molar-refractivity contribution in [3.05, 3.63) is 53.7 Å². The van der Waals surface area contributed by atoms with Crippen molar-refractivity contribution in [1.82, 2.24) is 9.97 Å². The minimum absolute atomic E-state index is 0.0988. The Bertz CT molecular complexity index is 1480. The minimum atomic E-state index is -3.55. The van der Waals surface area contributed by atoms with Crippen LogP contribution in [0.2, 0.25) is 5.02 Å². The Morgan fingerprint density at radius 1 is 1.12 bits per heavy atom. The minimum Gasteiger partial charge on any atom is -0.489 e. The van der Waals surface area contributed by atoms with Gasteiger partial charge in [0.25, 0.3) is 0 Å². The van der Waals surface area contributed by atoms with Crippen molar-refractivity contribution in [3.63, 3.8) is 0 Å². The Hall–Kier alpha value is -3.57. The fourth-order valence-corrected chi connectivity index (χ4v) is 5.78. The molecule has 4 N–H and O–H groups in total. The maximum Gasteiger partial charge on any atom is 0.229 e. The van der Waals surface area contributed by atoms with Gasteiger partial charge in [-0.2, -0.15) is 4.98 Å². The van der Waals surface area contributed by atoms with Gasteiger partial charge in [-0.1, -0.05) is 23.7 Å². The Morgan fingerprint density at radius 3 is 2.58 bits per heavy atom. The second kappa shape index (κ2) is 12.3. The number of nitrogens with two attached hydrogens (primary N) is 1. The van der Waals surface area contributed by atoms with Crippen molar-refractivity contribution in [3.8, 4) is 5.75 Å². The number of amides is 1. The molecule has 4 rings (SSSR count). The van der Waals surface area contributed by atoms with Gasteiger partial charge in [-0.15, -0.1) is 0 Å². The van der Waals surface area contributed by atoms with Crippen LogP contribution < -0.4 is 26.0 Å². The van der Waals surface area contributed by atoms with Crippen LogP contribution >= 0.6 is 11.6 Å². The van der Waals surface area contributed by atoms with Gasteiger partial charge in [-0.05, 0) is 64.8 Å². The first-order valence-corrected chi connectivity index (χ1v) is 15.1. The van der Waals surface area contributed by atoms with Gasteiger partial charge in [0.05, 0.1) is 39.7 Å². The lowest BCUT2D eigenvalue weighted by atomic mass is 9.97. The summed E-state index contributed by atoms with van der Waals surface area (Å²) in [4.78, 5) is 22.9. The molecule has 2 heterocycles. The Morgan fingerprint density at radius 2 is 1.88 bits per heavy atom. The number of aromatic nitrogens is 2. The standard InChI is InChI=1S/C28H35ClN6O4S/c1-17(2)39-24-14-20(35-13-7-8-19(16-35)26(30)36)11-12-22(24)33-28-31-15-21(29)27(34-28)32-23-9-5-6-10-25(23)40(37,38)18(3)4/h5-6,9-12,14-15,17-19H,7-8,13,16H2,1-4H3,(H2,30,36)(H2,31,32,33,34). The second-order valence-electron chi connectivity index (χ2n) is 10.3. The number of hydrogen-bond donors (Lipinski definition) is 3. The van der Waals surface area contributed by atoms with E-state index in [1.165, 1.54) is 6.20 Å². The number of anilines is 5. The first-order chi connectivity index (χ1) is 19.0. The third kappa shape index (κ3) is 6.76. The van der Waals surface area contributed by atoms with E-state index < -0.39 is 15.1 Å². The zero-order valence-corrected chi connectivity index (χ0v) is 24.6. The molecule has 1 fully saturated rings. The third-order valence-corrected chi connectivity index (χ3v) is 9.06. The lowest BCUT2D eigenvalue weighted by Gasteiger charge is -2.33. The van der Waals surface area contributed by atoms with Crippen LogP contribution in [0, 0.1) is 5.92 Å². The molecular formula is C28H35ClN6O4S. The molecule has 0 radical (unpaired) electrons. The zero-order valence-electron chi connectivity index (χ0n) is 23.0. The first kappa shape index (κ1) is 29.4. The molecule has 0 spiro atoms. The van der Waals surface area contributed by atoms with Crippen molar-refractivity contribution >= 4 is 56.2 Å². The van der Waals surface area contributed by atoms with E-state index in [-0.39, 0.29) is 39.6 Å². The van der Waals surface area contributed by atoms with Crippen LogP contribution in [-0.4, -0.2) is 48.7 Å². The molecule has 1 saturated heterocycles. The van der Waals surface area contributed by atoms with Gasteiger partial charge in [0.15, 0.2) is 15.7 Å². The van der Waals surface area contributed by atoms with Gasteiger partial charge in [0.1, 0.15) is 10.8 Å². The predicted molar refractivity (Wildman–Crippen MR) is 159 cm³/mol. The quantitative estimate of drug-likeness (QED) is 0.289. The van der Waals surface area contributed by atoms with Gasteiger partial charge in [-0.3, -0.25) is 4.79 Å². The van der Waals surface area contributed by atoms with Crippen molar-refractivity contribution < 1.29 is 17.9 Å². The molecule has 40 heavy (non-hydrogen) atoms. The molecule has 1 aliphatic heterocycles. The SMILES string of the molecule is CC(C)Oc1cc(N2CCCC(C(N)=O)C2)ccc1Nc1ncc(Cl)c(Nc2ccccc2S(=O)(=O)C(C)C)n1. The largest absolute Gasteiger partial charge is 0.489 e. The van der Waals surface area contributed by atoms with Crippen molar-refractivity contribution in [1.29, 1.82) is 0 Å². The van der Waals surface area contributed by atoms with Crippen molar-refractivity contribution in [2.24, 2.45) is 11.7 Å². The van der Waals surface area contributed by atoms with Gasteiger partial charge in [0.2, 0.25) is 11.9 Å². The number of carbonyl (C=O) groups excluding carboxylic acids is 1. The number of carbonyl (C=O) groups is 1. The van der Waals surface area contributed by atoms with E-state index in [0.717, 1.165) is 25.1 Å². The summed E-state index contributed by atoms with van der Waals surface area (Å²) < 4.78 is 31.9. The van der Waals surface area contributed by atoms with E-state index in [2.05, 4.69) is 25.5 Å². The van der Waals surface area contributed by atoms with E-state index in [0.29, 0.717) is 23.7 Å². The van der Waals surface area contributed by atoms with E-state index in [1.54, 1.807) is 38.1 Å². The summed E-state index contributed by atoms with van der Waals surface area (Å²) in [7, 11) is -3.55. The Labute approximate surface area is 240 Å². The third-order valence-electron chi connectivity index (χ3n) is 6.57. The van der Waals surface area contributed by atoms with Gasteiger partial charge in [-0.25, -0.2) is 13.4 Å². The average molecular weight is 587 g/mol. The molecular weight excluding hydrogens is 552 g/mol. The lowest BCUT2D eigenvalue weighted by Crippen LogP contribution is -2.41. The number of ether oxygens (including phenoxy) is 1. The topological polar surface area (TPSA) is 140 Å². The van der Waals surface area contributed by atoms with E-state index in [4.69, 9.17) is 22.1 Å². The number of piperidine rings is 1. The van der Waals surface area contributed by atoms with Gasteiger partial charge < -0.3 is 26.0 Å². The smallest absolute Gasteiger partial charge is 0.229 e. The summed E-state index contributed by atoms with van der Waals surface area (Å²) in [6.07, 6.45) is 3.01. The molecule has 3 aromatic rings. The number of rotatable bonds is 10. The maximum absolute atomic E-state index is 12.9. The number of sulfone groups is 1. The summed E-state index contributed by atoms with van der Waals surface area (Å²) in [6, 6.07) is 12.4. The summed E-state index contributed by atoms with van der Waals surface area (Å²) in [5.74, 6) is 0.615. The van der Waals surface area contributed by atoms with Crippen LogP contribution in [-0.2, 0) is 14.6 Å². The molecule has 0 bridgehead atoms. The highest BCUT2D eigenvalue weighted by Gasteiger charge is 2.25. The Kier molecular flexibility index (Phi) is 9.05. The van der Waals surface area contributed by atoms with Crippen LogP contribution in [0.3, 0.4) is 0 Å². The summed E-state index contributed by atoms with van der Waals surface area (Å²) in [5, 5.41) is 5.89. The molecule has 0 aliphatic carbocycles. The fraction of sp³-hybridized carbons (Fsp3) is 0.393. The second-order valence-corrected chi connectivity index (χ2v) is 13.1. The molecule has 1 aromatic heterocycles. The number of primary amides is 1. The Balaban J connectivity index is 1.62. The lowest BCUT2D eigenvalue weighted by molar-refractivity contribution is -0.122. The molecule has 2 aromatic carbocycles. The van der Waals surface area contributed by atoms with Crippen molar-refractivity contribution in [2.75, 3.05) is 28.6 Å². The normalized spacial score (nSPS) is 15.8. The average Bonchev–Trinajstić information content (AvgIpc) is 2.91. The van der Waals surface area contributed by atoms with Crippen LogP contribution in [0.1, 0.15) is 40.5 Å². The van der Waals surface area contributed by atoms with Crippen molar-refractivity contribution in [2.45, 2.75) is 56.8 Å². The monoisotopic (exact) mass is 586 g/mol. The van der Waals surface area contributed by atoms with Crippen LogP contribution in [0.25, 0.3) is 0 Å². The summed E-state index contributed by atoms with van der Waals surface area (Å²) in [6.45, 7) is 8.52. The first-order valence-electron chi connectivity index (χ1n) is 13.2. The van der Waals surface area contributed by atoms with E-state index >= 15 is 0 Å². The summed E-state index contributed by atoms with van der Waals surface area (Å²) in [5.41, 5.74) is 7.50. The molecule has 1 aliphatic rings. The predicted octanol–water partition coefficient (Wildman–Crippen LogP) is 5.29. The number of para-hydroxylation sites is 1. The van der Waals surface area contributed by atoms with E-state index in [1.807, 2.05) is 32.0 Å². The zero-order chi connectivity index (χ0) is 29.0. The van der Waals surface area contributed by atoms with Gasteiger partial charge in [0, 0.05) is 24.8 Å². The molecule has 1 amide bonds. The number of halogens is 1. The number of nitrogens with one attached hydrogen (secondary N) is 2. The summed E-state index contributed by atoms with van der Waals surface area (Å²) >= 11 is 6.39.